The molecule has 7 heteroatoms. The molecule has 18 heavy (non-hydrogen) atoms. The van der Waals surface area contributed by atoms with Gasteiger partial charge in [0.05, 0.1) is 0 Å². The summed E-state index contributed by atoms with van der Waals surface area (Å²) in [6.07, 6.45) is 0. The van der Waals surface area contributed by atoms with E-state index in [9.17, 15) is 4.79 Å². The van der Waals surface area contributed by atoms with Crippen LogP contribution in [-0.4, -0.2) is 29.9 Å². The van der Waals surface area contributed by atoms with Crippen molar-refractivity contribution in [2.45, 2.75) is 0 Å². The monoisotopic (exact) mass is 247 g/mol. The Morgan fingerprint density at radius 1 is 1.28 bits per heavy atom. The zero-order chi connectivity index (χ0) is 12.5. The number of carbonyl (C=O) groups is 1. The largest absolute Gasteiger partial charge is 0.454 e. The third kappa shape index (κ3) is 1.65. The Labute approximate surface area is 102 Å². The molecule has 2 aromatic rings. The van der Waals surface area contributed by atoms with Gasteiger partial charge in [-0.1, -0.05) is 0 Å². The highest BCUT2D eigenvalue weighted by molar-refractivity contribution is 5.89. The lowest BCUT2D eigenvalue weighted by Crippen LogP contribution is -2.17. The van der Waals surface area contributed by atoms with Crippen LogP contribution in [0.3, 0.4) is 0 Å². The molecule has 1 amide bonds. The minimum Gasteiger partial charge on any atom is -0.454 e. The van der Waals surface area contributed by atoms with Crippen LogP contribution in [0.1, 0.15) is 10.7 Å². The van der Waals surface area contributed by atoms with Crippen LogP contribution < -0.4 is 14.8 Å². The van der Waals surface area contributed by atoms with Gasteiger partial charge in [0, 0.05) is 12.6 Å². The number of ether oxygens (including phenoxy) is 2. The minimum absolute atomic E-state index is 0.0785. The number of nitrogens with zero attached hydrogens (tertiary/aromatic N) is 2. The van der Waals surface area contributed by atoms with E-state index in [1.165, 1.54) is 7.05 Å². The van der Waals surface area contributed by atoms with Crippen LogP contribution in [0.15, 0.2) is 22.6 Å². The summed E-state index contributed by atoms with van der Waals surface area (Å²) in [4.78, 5) is 11.3. The Kier molecular flexibility index (Phi) is 2.36. The van der Waals surface area contributed by atoms with E-state index in [2.05, 4.69) is 15.5 Å². The molecule has 1 aromatic carbocycles. The molecule has 0 unspecified atom stereocenters. The Morgan fingerprint density at radius 3 is 2.94 bits per heavy atom. The number of carbonyl (C=O) groups excluding carboxylic acids is 1. The Hall–Kier alpha value is -2.57. The predicted octanol–water partition coefficient (Wildman–Crippen LogP) is 0.825. The lowest BCUT2D eigenvalue weighted by Gasteiger charge is -1.97. The summed E-state index contributed by atoms with van der Waals surface area (Å²) in [6, 6.07) is 5.24. The van der Waals surface area contributed by atoms with Gasteiger partial charge in [0.15, 0.2) is 11.5 Å². The highest BCUT2D eigenvalue weighted by Crippen LogP contribution is 2.35. The lowest BCUT2D eigenvalue weighted by atomic mass is 10.2. The molecule has 1 aromatic heterocycles. The van der Waals surface area contributed by atoms with Gasteiger partial charge in [-0.2, -0.15) is 0 Å². The molecule has 0 saturated carbocycles. The predicted molar refractivity (Wildman–Crippen MR) is 59.2 cm³/mol. The molecule has 0 bridgehead atoms. The molecule has 3 rings (SSSR count). The van der Waals surface area contributed by atoms with E-state index in [1.807, 2.05) is 0 Å². The molecular weight excluding hydrogens is 238 g/mol. The minimum atomic E-state index is -0.422. The fourth-order valence-corrected chi connectivity index (χ4v) is 1.57. The summed E-state index contributed by atoms with van der Waals surface area (Å²) in [5.74, 6) is 1.04. The summed E-state index contributed by atoms with van der Waals surface area (Å²) in [5, 5.41) is 9.87. The van der Waals surface area contributed by atoms with Crippen molar-refractivity contribution >= 4 is 5.91 Å². The Balaban J connectivity index is 1.95. The van der Waals surface area contributed by atoms with E-state index in [4.69, 9.17) is 13.9 Å². The zero-order valence-corrected chi connectivity index (χ0v) is 9.47. The van der Waals surface area contributed by atoms with Crippen LogP contribution in [0, 0.1) is 0 Å². The van der Waals surface area contributed by atoms with Gasteiger partial charge in [-0.15, -0.1) is 10.2 Å². The van der Waals surface area contributed by atoms with E-state index in [1.54, 1.807) is 18.2 Å². The first kappa shape index (κ1) is 10.6. The van der Waals surface area contributed by atoms with Crippen molar-refractivity contribution in [3.63, 3.8) is 0 Å². The van der Waals surface area contributed by atoms with E-state index >= 15 is 0 Å². The molecule has 0 saturated heterocycles. The van der Waals surface area contributed by atoms with Gasteiger partial charge in [0.2, 0.25) is 12.7 Å². The average Bonchev–Trinajstić information content (AvgIpc) is 3.05. The second kappa shape index (κ2) is 4.02. The molecule has 92 valence electrons. The SMILES string of the molecule is CNC(=O)c1nnc(-c2ccc3c(c2)OCO3)o1. The number of aromatic nitrogens is 2. The first-order valence-corrected chi connectivity index (χ1v) is 5.23. The zero-order valence-electron chi connectivity index (χ0n) is 9.47. The number of fused-ring (bicyclic) bond motifs is 1. The third-order valence-electron chi connectivity index (χ3n) is 2.47. The Morgan fingerprint density at radius 2 is 2.11 bits per heavy atom. The number of hydrogen-bond donors (Lipinski definition) is 1. The van der Waals surface area contributed by atoms with Crippen molar-refractivity contribution in [3.8, 4) is 23.0 Å². The average molecular weight is 247 g/mol. The van der Waals surface area contributed by atoms with Gasteiger partial charge in [-0.05, 0) is 18.2 Å². The molecule has 1 aliphatic rings. The van der Waals surface area contributed by atoms with Crippen LogP contribution >= 0.6 is 0 Å². The van der Waals surface area contributed by atoms with Crippen molar-refractivity contribution in [2.75, 3.05) is 13.8 Å². The molecular formula is C11H9N3O4. The standard InChI is InChI=1S/C11H9N3O4/c1-12-9(15)11-14-13-10(18-11)6-2-3-7-8(4-6)17-5-16-7/h2-4H,5H2,1H3,(H,12,15). The normalized spacial score (nSPS) is 12.5. The van der Waals surface area contributed by atoms with E-state index < -0.39 is 5.91 Å². The first-order valence-electron chi connectivity index (χ1n) is 5.23. The molecule has 7 nitrogen and oxygen atoms in total. The van der Waals surface area contributed by atoms with Gasteiger partial charge < -0.3 is 19.2 Å². The summed E-state index contributed by atoms with van der Waals surface area (Å²) < 4.78 is 15.7. The van der Waals surface area contributed by atoms with Crippen LogP contribution in [-0.2, 0) is 0 Å². The molecule has 1 aliphatic heterocycles. The summed E-state index contributed by atoms with van der Waals surface area (Å²) in [7, 11) is 1.49. The number of nitrogens with one attached hydrogen (secondary N) is 1. The van der Waals surface area contributed by atoms with Crippen LogP contribution in [0.2, 0.25) is 0 Å². The second-order valence-corrected chi connectivity index (χ2v) is 3.56. The maximum Gasteiger partial charge on any atom is 0.308 e. The maximum atomic E-state index is 11.3. The smallest absolute Gasteiger partial charge is 0.308 e. The van der Waals surface area contributed by atoms with E-state index in [0.29, 0.717) is 17.1 Å². The molecule has 0 radical (unpaired) electrons. The summed E-state index contributed by atoms with van der Waals surface area (Å²) >= 11 is 0. The molecule has 1 N–H and O–H groups in total. The van der Waals surface area contributed by atoms with Crippen molar-refractivity contribution in [1.29, 1.82) is 0 Å². The number of rotatable bonds is 2. The lowest BCUT2D eigenvalue weighted by molar-refractivity contribution is 0.0929. The molecule has 0 fully saturated rings. The third-order valence-corrected chi connectivity index (χ3v) is 2.47. The highest BCUT2D eigenvalue weighted by atomic mass is 16.7. The Bertz CT molecular complexity index is 608. The number of amides is 1. The van der Waals surface area contributed by atoms with Gasteiger partial charge in [0.25, 0.3) is 0 Å². The van der Waals surface area contributed by atoms with Crippen LogP contribution in [0.5, 0.6) is 11.5 Å². The maximum absolute atomic E-state index is 11.3. The topological polar surface area (TPSA) is 86.5 Å². The first-order chi connectivity index (χ1) is 8.78. The van der Waals surface area contributed by atoms with Crippen LogP contribution in [0.4, 0.5) is 0 Å². The fourth-order valence-electron chi connectivity index (χ4n) is 1.57. The highest BCUT2D eigenvalue weighted by Gasteiger charge is 2.18. The van der Waals surface area contributed by atoms with Gasteiger partial charge in [0.1, 0.15) is 0 Å². The molecule has 0 aliphatic carbocycles. The summed E-state index contributed by atoms with van der Waals surface area (Å²) in [5.41, 5.74) is 0.668. The quantitative estimate of drug-likeness (QED) is 0.845. The van der Waals surface area contributed by atoms with Gasteiger partial charge in [-0.25, -0.2) is 0 Å². The molecule has 0 atom stereocenters. The molecule has 0 spiro atoms. The van der Waals surface area contributed by atoms with Gasteiger partial charge >= 0.3 is 11.8 Å². The number of benzene rings is 1. The van der Waals surface area contributed by atoms with E-state index in [-0.39, 0.29) is 18.6 Å². The van der Waals surface area contributed by atoms with Crippen molar-refractivity contribution in [1.82, 2.24) is 15.5 Å². The number of hydrogen-bond acceptors (Lipinski definition) is 6. The van der Waals surface area contributed by atoms with E-state index in [0.717, 1.165) is 0 Å². The second-order valence-electron chi connectivity index (χ2n) is 3.56. The molecule has 2 heterocycles. The van der Waals surface area contributed by atoms with Crippen molar-refractivity contribution < 1.29 is 18.7 Å². The van der Waals surface area contributed by atoms with Crippen LogP contribution in [0.25, 0.3) is 11.5 Å². The van der Waals surface area contributed by atoms with Crippen molar-refractivity contribution in [2.24, 2.45) is 0 Å². The van der Waals surface area contributed by atoms with Gasteiger partial charge in [-0.3, -0.25) is 4.79 Å². The summed E-state index contributed by atoms with van der Waals surface area (Å²) in [6.45, 7) is 0.201. The van der Waals surface area contributed by atoms with Crippen molar-refractivity contribution in [3.05, 3.63) is 24.1 Å². The fraction of sp³-hybridized carbons (Fsp3) is 0.182.